The quantitative estimate of drug-likeness (QED) is 0.642. The lowest BCUT2D eigenvalue weighted by molar-refractivity contribution is 0.476. The molecule has 138 valence electrons. The highest BCUT2D eigenvalue weighted by molar-refractivity contribution is 6.31. The fourth-order valence-corrected chi connectivity index (χ4v) is 3.89. The third kappa shape index (κ3) is 2.86. The summed E-state index contributed by atoms with van der Waals surface area (Å²) in [5.41, 5.74) is 5.54. The monoisotopic (exact) mass is 386 g/mol. The number of benzene rings is 2. The number of aryl methyl sites for hydroxylation is 2. The van der Waals surface area contributed by atoms with Crippen molar-refractivity contribution in [1.82, 2.24) is 5.43 Å². The van der Waals surface area contributed by atoms with Crippen LogP contribution in [0.2, 0.25) is 5.02 Å². The summed E-state index contributed by atoms with van der Waals surface area (Å²) in [7, 11) is 0. The SMILES string of the molecule is Cc1cc2oc(=O)cc(C)c2c(O)c1C1=NN[C@@H](c2c(F)cccc2Cl)C1. The third-order valence-electron chi connectivity index (χ3n) is 4.79. The summed E-state index contributed by atoms with van der Waals surface area (Å²) in [6.45, 7) is 3.53. The van der Waals surface area contributed by atoms with Gasteiger partial charge in [0.2, 0.25) is 0 Å². The molecule has 3 aromatic rings. The fraction of sp³-hybridized carbons (Fsp3) is 0.200. The van der Waals surface area contributed by atoms with Gasteiger partial charge >= 0.3 is 5.63 Å². The summed E-state index contributed by atoms with van der Waals surface area (Å²) in [5.74, 6) is -0.416. The number of fused-ring (bicyclic) bond motifs is 1. The molecule has 1 aromatic heterocycles. The molecule has 5 nitrogen and oxygen atoms in total. The summed E-state index contributed by atoms with van der Waals surface area (Å²) >= 11 is 6.16. The van der Waals surface area contributed by atoms with E-state index in [-0.39, 0.29) is 5.75 Å². The Morgan fingerprint density at radius 2 is 2.07 bits per heavy atom. The van der Waals surface area contributed by atoms with Crippen LogP contribution in [0.3, 0.4) is 0 Å². The van der Waals surface area contributed by atoms with Crippen LogP contribution in [0.5, 0.6) is 5.75 Å². The molecule has 1 aliphatic heterocycles. The molecule has 0 aliphatic carbocycles. The van der Waals surface area contributed by atoms with E-state index < -0.39 is 17.5 Å². The molecule has 0 fully saturated rings. The first-order valence-corrected chi connectivity index (χ1v) is 8.78. The van der Waals surface area contributed by atoms with Crippen LogP contribution in [0.4, 0.5) is 4.39 Å². The molecule has 4 rings (SSSR count). The number of halogens is 2. The van der Waals surface area contributed by atoms with Crippen LogP contribution < -0.4 is 11.1 Å². The molecule has 27 heavy (non-hydrogen) atoms. The predicted molar refractivity (Wildman–Crippen MR) is 102 cm³/mol. The Hall–Kier alpha value is -2.86. The number of aromatic hydroxyl groups is 1. The lowest BCUT2D eigenvalue weighted by Gasteiger charge is -2.14. The number of hydrazone groups is 1. The first-order chi connectivity index (χ1) is 12.9. The van der Waals surface area contributed by atoms with Gasteiger partial charge in [-0.3, -0.25) is 0 Å². The number of phenolic OH excluding ortho intramolecular Hbond substituents is 1. The van der Waals surface area contributed by atoms with Gasteiger partial charge in [0.15, 0.2) is 0 Å². The van der Waals surface area contributed by atoms with Crippen LogP contribution in [0.1, 0.15) is 34.7 Å². The van der Waals surface area contributed by atoms with Crippen molar-refractivity contribution in [3.05, 3.63) is 73.8 Å². The maximum Gasteiger partial charge on any atom is 0.336 e. The zero-order chi connectivity index (χ0) is 19.3. The van der Waals surface area contributed by atoms with Crippen molar-refractivity contribution >= 4 is 28.3 Å². The zero-order valence-corrected chi connectivity index (χ0v) is 15.4. The average Bonchev–Trinajstić information content (AvgIpc) is 3.02. The van der Waals surface area contributed by atoms with Gasteiger partial charge in [-0.15, -0.1) is 0 Å². The van der Waals surface area contributed by atoms with E-state index >= 15 is 0 Å². The number of phenols is 1. The van der Waals surface area contributed by atoms with Crippen LogP contribution in [0.15, 0.2) is 44.6 Å². The van der Waals surface area contributed by atoms with E-state index in [1.807, 2.05) is 0 Å². The van der Waals surface area contributed by atoms with E-state index in [2.05, 4.69) is 10.5 Å². The Bertz CT molecular complexity index is 1150. The molecule has 0 bridgehead atoms. The van der Waals surface area contributed by atoms with Gasteiger partial charge < -0.3 is 14.9 Å². The zero-order valence-electron chi connectivity index (χ0n) is 14.6. The molecule has 0 spiro atoms. The minimum absolute atomic E-state index is 0.00733. The normalized spacial score (nSPS) is 16.4. The second-order valence-electron chi connectivity index (χ2n) is 6.62. The largest absolute Gasteiger partial charge is 0.506 e. The molecule has 7 heteroatoms. The second-order valence-corrected chi connectivity index (χ2v) is 7.03. The highest BCUT2D eigenvalue weighted by atomic mass is 35.5. The average molecular weight is 387 g/mol. The van der Waals surface area contributed by atoms with E-state index in [0.29, 0.717) is 50.4 Å². The molecule has 2 heterocycles. The Kier molecular flexibility index (Phi) is 4.15. The van der Waals surface area contributed by atoms with Crippen LogP contribution in [0, 0.1) is 19.7 Å². The minimum atomic E-state index is -0.472. The van der Waals surface area contributed by atoms with E-state index in [1.165, 1.54) is 12.1 Å². The summed E-state index contributed by atoms with van der Waals surface area (Å²) in [5, 5.41) is 16.0. The van der Waals surface area contributed by atoms with Crippen molar-refractivity contribution in [2.45, 2.75) is 26.3 Å². The van der Waals surface area contributed by atoms with E-state index in [9.17, 15) is 14.3 Å². The van der Waals surface area contributed by atoms with Gasteiger partial charge in [-0.05, 0) is 43.2 Å². The lowest BCUT2D eigenvalue weighted by atomic mass is 9.93. The van der Waals surface area contributed by atoms with Gasteiger partial charge in [0.1, 0.15) is 17.1 Å². The van der Waals surface area contributed by atoms with Gasteiger partial charge in [0.05, 0.1) is 17.1 Å². The van der Waals surface area contributed by atoms with Crippen molar-refractivity contribution in [3.63, 3.8) is 0 Å². The molecule has 0 amide bonds. The maximum absolute atomic E-state index is 14.2. The summed E-state index contributed by atoms with van der Waals surface area (Å²) in [4.78, 5) is 11.6. The smallest absolute Gasteiger partial charge is 0.336 e. The number of nitrogens with one attached hydrogen (secondary N) is 1. The van der Waals surface area contributed by atoms with Crippen LogP contribution in [-0.2, 0) is 0 Å². The molecule has 1 aliphatic rings. The molecular weight excluding hydrogens is 371 g/mol. The number of hydrogen-bond donors (Lipinski definition) is 2. The van der Waals surface area contributed by atoms with Gasteiger partial charge in [0.25, 0.3) is 0 Å². The van der Waals surface area contributed by atoms with Crippen molar-refractivity contribution in [3.8, 4) is 5.75 Å². The van der Waals surface area contributed by atoms with E-state index in [1.54, 1.807) is 32.0 Å². The van der Waals surface area contributed by atoms with E-state index in [0.717, 1.165) is 0 Å². The summed E-state index contributed by atoms with van der Waals surface area (Å²) < 4.78 is 19.4. The topological polar surface area (TPSA) is 74.8 Å². The summed E-state index contributed by atoms with van der Waals surface area (Å²) in [6.07, 6.45) is 0.358. The predicted octanol–water partition coefficient (Wildman–Crippen LogP) is 4.35. The fourth-order valence-electron chi connectivity index (χ4n) is 3.59. The van der Waals surface area contributed by atoms with Crippen molar-refractivity contribution in [2.24, 2.45) is 5.10 Å². The molecule has 1 atom stereocenters. The highest BCUT2D eigenvalue weighted by Crippen LogP contribution is 2.38. The Labute approximate surface area is 159 Å². The molecule has 2 N–H and O–H groups in total. The minimum Gasteiger partial charge on any atom is -0.506 e. The third-order valence-corrected chi connectivity index (χ3v) is 5.12. The van der Waals surface area contributed by atoms with Crippen LogP contribution in [0.25, 0.3) is 11.0 Å². The molecule has 0 saturated carbocycles. The number of nitrogens with zero attached hydrogens (tertiary/aromatic N) is 1. The van der Waals surface area contributed by atoms with E-state index in [4.69, 9.17) is 16.0 Å². The van der Waals surface area contributed by atoms with Gasteiger partial charge in [-0.2, -0.15) is 5.10 Å². The first-order valence-electron chi connectivity index (χ1n) is 8.40. The molecule has 0 saturated heterocycles. The molecule has 0 radical (unpaired) electrons. The van der Waals surface area contributed by atoms with Crippen molar-refractivity contribution in [2.75, 3.05) is 0 Å². The van der Waals surface area contributed by atoms with Crippen LogP contribution >= 0.6 is 11.6 Å². The Morgan fingerprint density at radius 1 is 1.30 bits per heavy atom. The van der Waals surface area contributed by atoms with Gasteiger partial charge in [0, 0.05) is 28.6 Å². The maximum atomic E-state index is 14.2. The molecule has 2 aromatic carbocycles. The highest BCUT2D eigenvalue weighted by Gasteiger charge is 2.29. The first kappa shape index (κ1) is 17.5. The number of hydrogen-bond acceptors (Lipinski definition) is 5. The van der Waals surface area contributed by atoms with Crippen molar-refractivity contribution < 1.29 is 13.9 Å². The number of rotatable bonds is 2. The van der Waals surface area contributed by atoms with Crippen molar-refractivity contribution in [1.29, 1.82) is 0 Å². The Balaban J connectivity index is 1.79. The molecule has 0 unspecified atom stereocenters. The Morgan fingerprint density at radius 3 is 2.81 bits per heavy atom. The second kappa shape index (κ2) is 6.39. The van der Waals surface area contributed by atoms with Crippen LogP contribution in [-0.4, -0.2) is 10.8 Å². The standard InChI is InChI=1S/C20H16ClFN2O3/c1-9-6-15-18(10(2)7-16(25)27-15)20(26)17(9)13-8-14(24-23-13)19-11(21)4-3-5-12(19)22/h3-7,14,24,26H,8H2,1-2H3/t14-/m1/s1. The summed E-state index contributed by atoms with van der Waals surface area (Å²) in [6, 6.07) is 7.13. The van der Waals surface area contributed by atoms with Gasteiger partial charge in [-0.1, -0.05) is 17.7 Å². The lowest BCUT2D eigenvalue weighted by Crippen LogP contribution is -2.12. The van der Waals surface area contributed by atoms with Gasteiger partial charge in [-0.25, -0.2) is 9.18 Å². The molecular formula is C20H16ClFN2O3.